The summed E-state index contributed by atoms with van der Waals surface area (Å²) in [7, 11) is 0. The number of ether oxygens (including phenoxy) is 1. The molecule has 180 valence electrons. The van der Waals surface area contributed by atoms with Gasteiger partial charge >= 0.3 is 10.8 Å². The molecule has 1 N–H and O–H groups in total. The van der Waals surface area contributed by atoms with Gasteiger partial charge in [-0.3, -0.25) is 14.2 Å². The number of halogens is 1. The molecular weight excluding hydrogens is 465 g/mol. The van der Waals surface area contributed by atoms with Gasteiger partial charge < -0.3 is 9.84 Å². The van der Waals surface area contributed by atoms with Crippen molar-refractivity contribution in [1.29, 1.82) is 0 Å². The highest BCUT2D eigenvalue weighted by atomic mass is 32.1. The van der Waals surface area contributed by atoms with Crippen LogP contribution in [-0.4, -0.2) is 22.2 Å². The van der Waals surface area contributed by atoms with Crippen molar-refractivity contribution in [2.75, 3.05) is 6.61 Å². The summed E-state index contributed by atoms with van der Waals surface area (Å²) in [6, 6.07) is 24.3. The normalized spacial score (nSPS) is 10.9. The van der Waals surface area contributed by atoms with Gasteiger partial charge in [-0.1, -0.05) is 72.0 Å². The van der Waals surface area contributed by atoms with Crippen molar-refractivity contribution in [3.8, 4) is 27.4 Å². The molecule has 3 aromatic carbocycles. The topological polar surface area (TPSA) is 68.5 Å². The first-order chi connectivity index (χ1) is 17.0. The maximum Gasteiger partial charge on any atom is 0.308 e. The molecule has 0 aliphatic heterocycles. The van der Waals surface area contributed by atoms with E-state index in [4.69, 9.17) is 9.84 Å². The molecule has 1 heterocycles. The number of nitrogens with zero attached hydrogens (tertiary/aromatic N) is 1. The average molecular weight is 492 g/mol. The van der Waals surface area contributed by atoms with Crippen LogP contribution >= 0.6 is 11.3 Å². The molecule has 0 fully saturated rings. The predicted molar refractivity (Wildman–Crippen MR) is 137 cm³/mol. The molecule has 0 saturated carbocycles. The second kappa shape index (κ2) is 11.6. The Balaban J connectivity index is 1.52. The van der Waals surface area contributed by atoms with Crippen molar-refractivity contribution < 1.29 is 19.0 Å². The number of carboxylic acid groups (broad SMARTS) is 1. The molecule has 0 atom stereocenters. The van der Waals surface area contributed by atoms with Crippen LogP contribution in [0.2, 0.25) is 0 Å². The highest BCUT2D eigenvalue weighted by Crippen LogP contribution is 2.34. The van der Waals surface area contributed by atoms with Gasteiger partial charge in [0.25, 0.3) is 0 Å². The quantitative estimate of drug-likeness (QED) is 0.252. The van der Waals surface area contributed by atoms with Gasteiger partial charge in [-0.25, -0.2) is 4.39 Å². The van der Waals surface area contributed by atoms with E-state index in [0.717, 1.165) is 21.7 Å². The number of aliphatic carboxylic acids is 1. The Hall–Kier alpha value is -3.71. The standard InChI is InChI=1S/C28H26FNO4S/c29-24-16-15-23(34-18-8-14-25(31)32)19-22(24)13-7-17-30-26(20-9-3-1-4-10-20)27(35-28(30)33)21-11-5-2-6-12-21/h1-6,9-12,15-16,19H,7-8,13-14,17-18H2,(H,31,32). The van der Waals surface area contributed by atoms with Crippen LogP contribution in [0.25, 0.3) is 21.7 Å². The molecule has 4 aromatic rings. The molecule has 1 aromatic heterocycles. The molecule has 0 aliphatic rings. The van der Waals surface area contributed by atoms with Crippen molar-refractivity contribution in [2.45, 2.75) is 32.2 Å². The summed E-state index contributed by atoms with van der Waals surface area (Å²) < 4.78 is 21.8. The van der Waals surface area contributed by atoms with Crippen LogP contribution in [0, 0.1) is 5.82 Å². The molecular formula is C28H26FNO4S. The highest BCUT2D eigenvalue weighted by molar-refractivity contribution is 7.13. The van der Waals surface area contributed by atoms with Gasteiger partial charge in [0.2, 0.25) is 0 Å². The van der Waals surface area contributed by atoms with Crippen LogP contribution < -0.4 is 9.61 Å². The fourth-order valence-electron chi connectivity index (χ4n) is 3.95. The fraction of sp³-hybridized carbons (Fsp3) is 0.214. The van der Waals surface area contributed by atoms with Crippen LogP contribution in [0.15, 0.2) is 83.7 Å². The summed E-state index contributed by atoms with van der Waals surface area (Å²) in [5.41, 5.74) is 3.34. The second-order valence-electron chi connectivity index (χ2n) is 8.13. The first-order valence-corrected chi connectivity index (χ1v) is 12.3. The Bertz CT molecular complexity index is 1330. The number of hydrogen-bond donors (Lipinski definition) is 1. The van der Waals surface area contributed by atoms with Gasteiger partial charge in [-0.05, 0) is 54.2 Å². The van der Waals surface area contributed by atoms with Gasteiger partial charge in [0, 0.05) is 13.0 Å². The van der Waals surface area contributed by atoms with Gasteiger partial charge in [0.15, 0.2) is 0 Å². The monoisotopic (exact) mass is 491 g/mol. The summed E-state index contributed by atoms with van der Waals surface area (Å²) >= 11 is 1.23. The van der Waals surface area contributed by atoms with E-state index < -0.39 is 5.97 Å². The molecule has 0 saturated heterocycles. The average Bonchev–Trinajstić information content (AvgIpc) is 3.20. The fourth-order valence-corrected chi connectivity index (χ4v) is 5.00. The van der Waals surface area contributed by atoms with Crippen molar-refractivity contribution in [1.82, 2.24) is 4.57 Å². The van der Waals surface area contributed by atoms with Crippen LogP contribution in [0.5, 0.6) is 5.75 Å². The molecule has 7 heteroatoms. The number of aromatic nitrogens is 1. The number of carboxylic acids is 1. The Labute approximate surface area is 207 Å². The van der Waals surface area contributed by atoms with E-state index in [2.05, 4.69) is 0 Å². The van der Waals surface area contributed by atoms with Gasteiger partial charge in [-0.15, -0.1) is 0 Å². The number of rotatable bonds is 11. The zero-order valence-electron chi connectivity index (χ0n) is 19.2. The van der Waals surface area contributed by atoms with Crippen LogP contribution in [0.3, 0.4) is 0 Å². The Kier molecular flexibility index (Phi) is 8.11. The minimum Gasteiger partial charge on any atom is -0.494 e. The van der Waals surface area contributed by atoms with Crippen LogP contribution in [-0.2, 0) is 17.8 Å². The van der Waals surface area contributed by atoms with Crippen molar-refractivity contribution >= 4 is 17.3 Å². The largest absolute Gasteiger partial charge is 0.494 e. The summed E-state index contributed by atoms with van der Waals surface area (Å²) in [6.45, 7) is 0.708. The summed E-state index contributed by atoms with van der Waals surface area (Å²) in [6.07, 6.45) is 1.42. The lowest BCUT2D eigenvalue weighted by molar-refractivity contribution is -0.137. The van der Waals surface area contributed by atoms with Crippen LogP contribution in [0.4, 0.5) is 4.39 Å². The first kappa shape index (κ1) is 24.4. The molecule has 0 radical (unpaired) electrons. The maximum absolute atomic E-state index is 14.4. The van der Waals surface area contributed by atoms with E-state index in [1.807, 2.05) is 60.7 Å². The number of carbonyl (C=O) groups is 1. The molecule has 35 heavy (non-hydrogen) atoms. The van der Waals surface area contributed by atoms with E-state index in [-0.39, 0.29) is 23.7 Å². The third-order valence-electron chi connectivity index (χ3n) is 5.63. The third kappa shape index (κ3) is 6.25. The lowest BCUT2D eigenvalue weighted by Gasteiger charge is -2.12. The van der Waals surface area contributed by atoms with Gasteiger partial charge in [0.1, 0.15) is 11.6 Å². The lowest BCUT2D eigenvalue weighted by atomic mass is 10.1. The van der Waals surface area contributed by atoms with E-state index >= 15 is 0 Å². The van der Waals surface area contributed by atoms with E-state index in [1.54, 1.807) is 16.7 Å². The molecule has 0 bridgehead atoms. The number of aryl methyl sites for hydroxylation is 1. The van der Waals surface area contributed by atoms with Crippen molar-refractivity contribution in [2.24, 2.45) is 0 Å². The lowest BCUT2D eigenvalue weighted by Crippen LogP contribution is -2.15. The zero-order valence-corrected chi connectivity index (χ0v) is 20.0. The van der Waals surface area contributed by atoms with Gasteiger partial charge in [-0.2, -0.15) is 0 Å². The summed E-state index contributed by atoms with van der Waals surface area (Å²) in [4.78, 5) is 24.5. The second-order valence-corrected chi connectivity index (χ2v) is 9.09. The van der Waals surface area contributed by atoms with E-state index in [9.17, 15) is 14.0 Å². The van der Waals surface area contributed by atoms with E-state index in [0.29, 0.717) is 37.1 Å². The molecule has 4 rings (SSSR count). The Morgan fingerprint density at radius 2 is 1.63 bits per heavy atom. The van der Waals surface area contributed by atoms with Crippen LogP contribution in [0.1, 0.15) is 24.8 Å². The molecule has 0 spiro atoms. The minimum absolute atomic E-state index is 0.0260. The number of benzene rings is 3. The summed E-state index contributed by atoms with van der Waals surface area (Å²) in [5.74, 6) is -0.688. The third-order valence-corrected chi connectivity index (χ3v) is 6.65. The number of hydrogen-bond acceptors (Lipinski definition) is 4. The zero-order chi connectivity index (χ0) is 24.6. The molecule has 0 unspecified atom stereocenters. The van der Waals surface area contributed by atoms with Gasteiger partial charge in [0.05, 0.1) is 17.2 Å². The first-order valence-electron chi connectivity index (χ1n) is 11.5. The minimum atomic E-state index is -0.873. The van der Waals surface area contributed by atoms with E-state index in [1.165, 1.54) is 17.4 Å². The SMILES string of the molecule is O=C(O)CCCOc1ccc(F)c(CCCn2c(-c3ccccc3)c(-c3ccccc3)sc2=O)c1. The highest BCUT2D eigenvalue weighted by Gasteiger charge is 2.18. The van der Waals surface area contributed by atoms with Crippen molar-refractivity contribution in [3.05, 3.63) is 99.9 Å². The molecule has 0 amide bonds. The Morgan fingerprint density at radius 1 is 0.943 bits per heavy atom. The maximum atomic E-state index is 14.4. The molecule has 0 aliphatic carbocycles. The Morgan fingerprint density at radius 3 is 2.31 bits per heavy atom. The van der Waals surface area contributed by atoms with Crippen molar-refractivity contribution in [3.63, 3.8) is 0 Å². The smallest absolute Gasteiger partial charge is 0.308 e. The molecule has 5 nitrogen and oxygen atoms in total. The number of thiazole rings is 1. The predicted octanol–water partition coefficient (Wildman–Crippen LogP) is 6.26. The summed E-state index contributed by atoms with van der Waals surface area (Å²) in [5, 5.41) is 8.73.